The maximum absolute atomic E-state index is 11.7. The van der Waals surface area contributed by atoms with E-state index in [1.165, 1.54) is 4.88 Å². The molecule has 1 aromatic heterocycles. The molecule has 64 valence electrons. The minimum Gasteiger partial charge on any atom is -0.293 e. The molecular formula is C10H12OS. The first-order valence-electron chi connectivity index (χ1n) is 4.29. The van der Waals surface area contributed by atoms with E-state index in [4.69, 9.17) is 0 Å². The minimum absolute atomic E-state index is 0.363. The van der Waals surface area contributed by atoms with Gasteiger partial charge < -0.3 is 0 Å². The molecule has 2 rings (SSSR count). The molecular weight excluding hydrogens is 168 g/mol. The Kier molecular flexibility index (Phi) is 1.80. The molecule has 12 heavy (non-hydrogen) atoms. The van der Waals surface area contributed by atoms with E-state index in [-0.39, 0.29) is 0 Å². The van der Waals surface area contributed by atoms with Crippen molar-refractivity contribution in [2.45, 2.75) is 26.7 Å². The van der Waals surface area contributed by atoms with Crippen LogP contribution in [0.4, 0.5) is 0 Å². The summed E-state index contributed by atoms with van der Waals surface area (Å²) in [4.78, 5) is 13.9. The second-order valence-electron chi connectivity index (χ2n) is 3.51. The monoisotopic (exact) mass is 180 g/mol. The normalized spacial score (nSPS) is 16.5. The number of thiophene rings is 1. The largest absolute Gasteiger partial charge is 0.293 e. The predicted octanol–water partition coefficient (Wildman–Crippen LogP) is 2.96. The van der Waals surface area contributed by atoms with Crippen LogP contribution in [0.25, 0.3) is 0 Å². The fraction of sp³-hybridized carbons (Fsp3) is 0.500. The number of hydrogen-bond acceptors (Lipinski definition) is 2. The standard InChI is InChI=1S/C10H12OS/c1-6-5-7(2)12-10(6)9(11)8-3-4-8/h5,8H,3-4H2,1-2H3. The third-order valence-corrected chi connectivity index (χ3v) is 3.38. The fourth-order valence-corrected chi connectivity index (χ4v) is 2.46. The molecule has 2 heteroatoms. The molecule has 1 heterocycles. The lowest BCUT2D eigenvalue weighted by Gasteiger charge is -1.94. The number of Topliss-reactive ketones (excluding diaryl/α,β-unsaturated/α-hetero) is 1. The summed E-state index contributed by atoms with van der Waals surface area (Å²) in [5.74, 6) is 0.743. The zero-order valence-corrected chi connectivity index (χ0v) is 8.20. The lowest BCUT2D eigenvalue weighted by Crippen LogP contribution is -1.99. The number of ketones is 1. The van der Waals surface area contributed by atoms with Crippen LogP contribution in [0.15, 0.2) is 6.07 Å². The molecule has 0 bridgehead atoms. The molecule has 0 amide bonds. The third kappa shape index (κ3) is 1.31. The van der Waals surface area contributed by atoms with Gasteiger partial charge in [-0.1, -0.05) is 0 Å². The molecule has 1 fully saturated rings. The van der Waals surface area contributed by atoms with Crippen LogP contribution >= 0.6 is 11.3 Å². The van der Waals surface area contributed by atoms with E-state index >= 15 is 0 Å². The molecule has 0 spiro atoms. The Morgan fingerprint density at radius 3 is 2.58 bits per heavy atom. The second-order valence-corrected chi connectivity index (χ2v) is 4.76. The number of hydrogen-bond donors (Lipinski definition) is 0. The first-order chi connectivity index (χ1) is 5.68. The summed E-state index contributed by atoms with van der Waals surface area (Å²) in [6.45, 7) is 4.08. The lowest BCUT2D eigenvalue weighted by molar-refractivity contribution is 0.0971. The van der Waals surface area contributed by atoms with Gasteiger partial charge in [0.1, 0.15) is 0 Å². The Balaban J connectivity index is 2.31. The van der Waals surface area contributed by atoms with Gasteiger partial charge in [0.05, 0.1) is 4.88 Å². The van der Waals surface area contributed by atoms with Crippen LogP contribution in [-0.2, 0) is 0 Å². The zero-order chi connectivity index (χ0) is 8.72. The van der Waals surface area contributed by atoms with Gasteiger partial charge in [0.2, 0.25) is 0 Å². The minimum atomic E-state index is 0.363. The van der Waals surface area contributed by atoms with Crippen LogP contribution in [-0.4, -0.2) is 5.78 Å². The Bertz CT molecular complexity index is 321. The van der Waals surface area contributed by atoms with Crippen molar-refractivity contribution in [1.29, 1.82) is 0 Å². The number of aryl methyl sites for hydroxylation is 2. The van der Waals surface area contributed by atoms with E-state index in [1.807, 2.05) is 6.92 Å². The highest BCUT2D eigenvalue weighted by molar-refractivity contribution is 7.14. The molecule has 1 saturated carbocycles. The van der Waals surface area contributed by atoms with Crippen LogP contribution in [0.2, 0.25) is 0 Å². The summed E-state index contributed by atoms with van der Waals surface area (Å²) in [6, 6.07) is 2.10. The van der Waals surface area contributed by atoms with Gasteiger partial charge in [0.15, 0.2) is 5.78 Å². The molecule has 0 unspecified atom stereocenters. The highest BCUT2D eigenvalue weighted by Gasteiger charge is 2.31. The molecule has 0 saturated heterocycles. The van der Waals surface area contributed by atoms with Crippen LogP contribution in [0.1, 0.15) is 33.0 Å². The predicted molar refractivity (Wildman–Crippen MR) is 50.8 cm³/mol. The van der Waals surface area contributed by atoms with E-state index in [0.29, 0.717) is 11.7 Å². The topological polar surface area (TPSA) is 17.1 Å². The van der Waals surface area contributed by atoms with Crippen molar-refractivity contribution in [2.24, 2.45) is 5.92 Å². The van der Waals surface area contributed by atoms with Crippen LogP contribution in [0.5, 0.6) is 0 Å². The Morgan fingerprint density at radius 2 is 2.17 bits per heavy atom. The second kappa shape index (κ2) is 2.70. The van der Waals surface area contributed by atoms with Gasteiger partial charge in [0.25, 0.3) is 0 Å². The summed E-state index contributed by atoms with van der Waals surface area (Å²) in [6.07, 6.45) is 2.21. The lowest BCUT2D eigenvalue weighted by atomic mass is 10.1. The van der Waals surface area contributed by atoms with Gasteiger partial charge >= 0.3 is 0 Å². The van der Waals surface area contributed by atoms with Crippen LogP contribution in [0, 0.1) is 19.8 Å². The molecule has 1 aromatic rings. The Morgan fingerprint density at radius 1 is 1.50 bits per heavy atom. The van der Waals surface area contributed by atoms with Crippen LogP contribution in [0.3, 0.4) is 0 Å². The first kappa shape index (κ1) is 7.99. The summed E-state index contributed by atoms with van der Waals surface area (Å²) in [5.41, 5.74) is 1.16. The Labute approximate surface area is 76.4 Å². The molecule has 1 aliphatic rings. The molecule has 1 nitrogen and oxygen atoms in total. The summed E-state index contributed by atoms with van der Waals surface area (Å²) < 4.78 is 0. The summed E-state index contributed by atoms with van der Waals surface area (Å²) >= 11 is 1.64. The van der Waals surface area contributed by atoms with Crippen molar-refractivity contribution < 1.29 is 4.79 Å². The highest BCUT2D eigenvalue weighted by atomic mass is 32.1. The van der Waals surface area contributed by atoms with Gasteiger partial charge in [-0.3, -0.25) is 4.79 Å². The van der Waals surface area contributed by atoms with E-state index in [9.17, 15) is 4.79 Å². The van der Waals surface area contributed by atoms with Crippen molar-refractivity contribution in [3.8, 4) is 0 Å². The summed E-state index contributed by atoms with van der Waals surface area (Å²) in [5, 5.41) is 0. The molecule has 0 N–H and O–H groups in total. The van der Waals surface area contributed by atoms with Crippen LogP contribution < -0.4 is 0 Å². The maximum atomic E-state index is 11.7. The van der Waals surface area contributed by atoms with Crippen molar-refractivity contribution in [3.05, 3.63) is 21.4 Å². The van der Waals surface area contributed by atoms with Gasteiger partial charge in [-0.05, 0) is 38.3 Å². The molecule has 0 aromatic carbocycles. The smallest absolute Gasteiger partial charge is 0.176 e. The quantitative estimate of drug-likeness (QED) is 0.639. The summed E-state index contributed by atoms with van der Waals surface area (Å²) in [7, 11) is 0. The molecule has 0 radical (unpaired) electrons. The number of carbonyl (C=O) groups excluding carboxylic acids is 1. The average molecular weight is 180 g/mol. The van der Waals surface area contributed by atoms with E-state index < -0.39 is 0 Å². The van der Waals surface area contributed by atoms with E-state index in [1.54, 1.807) is 11.3 Å². The first-order valence-corrected chi connectivity index (χ1v) is 5.11. The molecule has 0 atom stereocenters. The van der Waals surface area contributed by atoms with Crippen molar-refractivity contribution >= 4 is 17.1 Å². The maximum Gasteiger partial charge on any atom is 0.176 e. The van der Waals surface area contributed by atoms with Gasteiger partial charge in [0, 0.05) is 10.8 Å². The highest BCUT2D eigenvalue weighted by Crippen LogP contribution is 2.35. The number of rotatable bonds is 2. The third-order valence-electron chi connectivity index (χ3n) is 2.21. The fourth-order valence-electron chi connectivity index (χ4n) is 1.42. The average Bonchev–Trinajstić information content (AvgIpc) is 2.77. The van der Waals surface area contributed by atoms with Gasteiger partial charge in [-0.25, -0.2) is 0 Å². The number of carbonyl (C=O) groups is 1. The van der Waals surface area contributed by atoms with Gasteiger partial charge in [-0.15, -0.1) is 11.3 Å². The SMILES string of the molecule is Cc1cc(C)c(C(=O)C2CC2)s1. The van der Waals surface area contributed by atoms with Gasteiger partial charge in [-0.2, -0.15) is 0 Å². The van der Waals surface area contributed by atoms with Crippen molar-refractivity contribution in [1.82, 2.24) is 0 Å². The molecule has 1 aliphatic carbocycles. The van der Waals surface area contributed by atoms with E-state index in [0.717, 1.165) is 23.3 Å². The Hall–Kier alpha value is -0.630. The van der Waals surface area contributed by atoms with E-state index in [2.05, 4.69) is 13.0 Å². The zero-order valence-electron chi connectivity index (χ0n) is 7.39. The molecule has 0 aliphatic heterocycles. The van der Waals surface area contributed by atoms with Crippen molar-refractivity contribution in [3.63, 3.8) is 0 Å². The van der Waals surface area contributed by atoms with Crippen molar-refractivity contribution in [2.75, 3.05) is 0 Å².